The lowest BCUT2D eigenvalue weighted by molar-refractivity contribution is 0.283. The van der Waals surface area contributed by atoms with Crippen LogP contribution in [0.4, 0.5) is 5.82 Å². The number of aliphatic hydroxyl groups is 1. The predicted molar refractivity (Wildman–Crippen MR) is 66.9 cm³/mol. The first-order valence-electron chi connectivity index (χ1n) is 6.02. The second-order valence-electron chi connectivity index (χ2n) is 4.54. The lowest BCUT2D eigenvalue weighted by Crippen LogP contribution is -2.18. The van der Waals surface area contributed by atoms with Crippen LogP contribution in [0.3, 0.4) is 0 Å². The molecule has 0 saturated carbocycles. The summed E-state index contributed by atoms with van der Waals surface area (Å²) in [5.41, 5.74) is 1.18. The first kappa shape index (κ1) is 13.0. The van der Waals surface area contributed by atoms with Crippen LogP contribution in [0.1, 0.15) is 44.7 Å². The van der Waals surface area contributed by atoms with Gasteiger partial charge in [-0.1, -0.05) is 13.8 Å². The van der Waals surface area contributed by atoms with Crippen LogP contribution in [0.25, 0.3) is 0 Å². The average molecular weight is 225 g/mol. The van der Waals surface area contributed by atoms with Gasteiger partial charge in [0, 0.05) is 32.0 Å². The van der Waals surface area contributed by atoms with Crippen LogP contribution in [-0.4, -0.2) is 35.5 Å². The minimum absolute atomic E-state index is 0.295. The van der Waals surface area contributed by atoms with Crippen molar-refractivity contribution >= 4 is 5.82 Å². The van der Waals surface area contributed by atoms with Crippen LogP contribution in [0, 0.1) is 0 Å². The maximum Gasteiger partial charge on any atom is 0.150 e. The van der Waals surface area contributed by atoms with E-state index in [0.29, 0.717) is 12.5 Å². The molecule has 2 N–H and O–H groups in total. The molecule has 0 unspecified atom stereocenters. The van der Waals surface area contributed by atoms with Crippen LogP contribution in [0.2, 0.25) is 0 Å². The smallest absolute Gasteiger partial charge is 0.150 e. The van der Waals surface area contributed by atoms with Crippen LogP contribution in [-0.2, 0) is 0 Å². The number of nitrogens with one attached hydrogen (secondary N) is 1. The van der Waals surface area contributed by atoms with Crippen LogP contribution in [0.15, 0.2) is 6.07 Å². The van der Waals surface area contributed by atoms with Gasteiger partial charge in [-0.05, 0) is 25.2 Å². The molecular formula is C12H23N3O. The Bertz CT molecular complexity index is 296. The van der Waals surface area contributed by atoms with Crippen molar-refractivity contribution in [1.29, 1.82) is 0 Å². The summed E-state index contributed by atoms with van der Waals surface area (Å²) in [6.45, 7) is 5.59. The zero-order valence-corrected chi connectivity index (χ0v) is 10.5. The van der Waals surface area contributed by atoms with E-state index in [1.54, 1.807) is 0 Å². The highest BCUT2D eigenvalue weighted by Crippen LogP contribution is 2.17. The molecule has 0 atom stereocenters. The van der Waals surface area contributed by atoms with E-state index in [-0.39, 0.29) is 0 Å². The van der Waals surface area contributed by atoms with E-state index in [4.69, 9.17) is 5.11 Å². The Morgan fingerprint density at radius 2 is 2.12 bits per heavy atom. The Morgan fingerprint density at radius 1 is 1.38 bits per heavy atom. The van der Waals surface area contributed by atoms with Crippen molar-refractivity contribution < 1.29 is 5.11 Å². The zero-order valence-electron chi connectivity index (χ0n) is 10.5. The fourth-order valence-electron chi connectivity index (χ4n) is 1.57. The Balaban J connectivity index is 2.37. The van der Waals surface area contributed by atoms with Gasteiger partial charge in [0.05, 0.1) is 0 Å². The van der Waals surface area contributed by atoms with Crippen LogP contribution in [0.5, 0.6) is 0 Å². The number of aromatic nitrogens is 2. The second-order valence-corrected chi connectivity index (χ2v) is 4.54. The molecule has 0 aliphatic heterocycles. The third-order valence-corrected chi connectivity index (χ3v) is 2.75. The number of rotatable bonds is 7. The third kappa shape index (κ3) is 3.85. The molecule has 0 radical (unpaired) electrons. The van der Waals surface area contributed by atoms with Crippen molar-refractivity contribution in [3.8, 4) is 0 Å². The average Bonchev–Trinajstić information content (AvgIpc) is 2.73. The van der Waals surface area contributed by atoms with E-state index >= 15 is 0 Å². The van der Waals surface area contributed by atoms with Crippen LogP contribution < -0.4 is 4.90 Å². The van der Waals surface area contributed by atoms with E-state index in [1.165, 1.54) is 5.69 Å². The quantitative estimate of drug-likeness (QED) is 0.699. The summed E-state index contributed by atoms with van der Waals surface area (Å²) in [5, 5.41) is 16.0. The van der Waals surface area contributed by atoms with Crippen molar-refractivity contribution in [2.75, 3.05) is 25.1 Å². The van der Waals surface area contributed by atoms with E-state index < -0.39 is 0 Å². The van der Waals surface area contributed by atoms with Gasteiger partial charge in [0.25, 0.3) is 0 Å². The molecule has 0 fully saturated rings. The summed E-state index contributed by atoms with van der Waals surface area (Å²) in [6, 6.07) is 2.11. The summed E-state index contributed by atoms with van der Waals surface area (Å²) in [7, 11) is 2.05. The number of hydrogen-bond donors (Lipinski definition) is 2. The molecule has 16 heavy (non-hydrogen) atoms. The van der Waals surface area contributed by atoms with Gasteiger partial charge in [-0.25, -0.2) is 0 Å². The van der Waals surface area contributed by atoms with Gasteiger partial charge in [-0.2, -0.15) is 5.10 Å². The number of nitrogens with zero attached hydrogens (tertiary/aromatic N) is 2. The molecular weight excluding hydrogens is 202 g/mol. The highest BCUT2D eigenvalue weighted by molar-refractivity contribution is 5.38. The van der Waals surface area contributed by atoms with Gasteiger partial charge in [-0.15, -0.1) is 0 Å². The van der Waals surface area contributed by atoms with E-state index in [9.17, 15) is 0 Å². The van der Waals surface area contributed by atoms with Crippen molar-refractivity contribution in [2.45, 2.75) is 39.0 Å². The topological polar surface area (TPSA) is 52.1 Å². The molecule has 1 aromatic rings. The Labute approximate surface area is 97.7 Å². The number of aromatic amines is 1. The van der Waals surface area contributed by atoms with Gasteiger partial charge >= 0.3 is 0 Å². The summed E-state index contributed by atoms with van der Waals surface area (Å²) in [5.74, 6) is 1.50. The summed E-state index contributed by atoms with van der Waals surface area (Å²) >= 11 is 0. The number of hydrogen-bond acceptors (Lipinski definition) is 3. The van der Waals surface area contributed by atoms with E-state index in [2.05, 4.69) is 42.1 Å². The first-order chi connectivity index (χ1) is 7.65. The van der Waals surface area contributed by atoms with Gasteiger partial charge in [-0.3, -0.25) is 5.10 Å². The normalized spacial score (nSPS) is 11.1. The highest BCUT2D eigenvalue weighted by atomic mass is 16.2. The first-order valence-corrected chi connectivity index (χ1v) is 6.02. The monoisotopic (exact) mass is 225 g/mol. The van der Waals surface area contributed by atoms with Gasteiger partial charge in [0.2, 0.25) is 0 Å². The maximum absolute atomic E-state index is 8.68. The van der Waals surface area contributed by atoms with Crippen LogP contribution >= 0.6 is 0 Å². The number of aliphatic hydroxyl groups excluding tert-OH is 1. The molecule has 1 heterocycles. The van der Waals surface area contributed by atoms with Crippen molar-refractivity contribution in [2.24, 2.45) is 0 Å². The van der Waals surface area contributed by atoms with Crippen molar-refractivity contribution in [1.82, 2.24) is 10.2 Å². The predicted octanol–water partition coefficient (Wildman–Crippen LogP) is 2.13. The van der Waals surface area contributed by atoms with Crippen molar-refractivity contribution in [3.05, 3.63) is 11.8 Å². The molecule has 0 aliphatic carbocycles. The Hall–Kier alpha value is -1.03. The Kier molecular flexibility index (Phi) is 5.32. The fourth-order valence-corrected chi connectivity index (χ4v) is 1.57. The molecule has 1 rings (SSSR count). The lowest BCUT2D eigenvalue weighted by Gasteiger charge is -2.15. The van der Waals surface area contributed by atoms with E-state index in [1.807, 2.05) is 0 Å². The molecule has 0 amide bonds. The molecule has 0 bridgehead atoms. The summed E-state index contributed by atoms with van der Waals surface area (Å²) in [4.78, 5) is 2.15. The van der Waals surface area contributed by atoms with Gasteiger partial charge in [0.15, 0.2) is 0 Å². The molecule has 0 aromatic carbocycles. The number of anilines is 1. The molecule has 1 aromatic heterocycles. The summed E-state index contributed by atoms with van der Waals surface area (Å²) < 4.78 is 0. The highest BCUT2D eigenvalue weighted by Gasteiger charge is 2.07. The van der Waals surface area contributed by atoms with Gasteiger partial charge in [0.1, 0.15) is 5.82 Å². The molecule has 4 heteroatoms. The molecule has 0 saturated heterocycles. The second kappa shape index (κ2) is 6.53. The summed E-state index contributed by atoms with van der Waals surface area (Å²) in [6.07, 6.45) is 3.06. The zero-order chi connectivity index (χ0) is 12.0. The number of H-pyrrole nitrogens is 1. The number of unbranched alkanes of at least 4 members (excludes halogenated alkanes) is 2. The fraction of sp³-hybridized carbons (Fsp3) is 0.750. The van der Waals surface area contributed by atoms with Gasteiger partial charge < -0.3 is 10.0 Å². The van der Waals surface area contributed by atoms with Crippen molar-refractivity contribution in [3.63, 3.8) is 0 Å². The standard InChI is InChI=1S/C12H23N3O/c1-10(2)11-9-12(14-13-11)15(3)7-5-4-6-8-16/h9-10,16H,4-8H2,1-3H3,(H,13,14). The minimum Gasteiger partial charge on any atom is -0.396 e. The minimum atomic E-state index is 0.295. The maximum atomic E-state index is 8.68. The molecule has 0 aliphatic rings. The SMILES string of the molecule is CC(C)c1cc(N(C)CCCCCO)n[nH]1. The third-order valence-electron chi connectivity index (χ3n) is 2.75. The Morgan fingerprint density at radius 3 is 2.69 bits per heavy atom. The molecule has 0 spiro atoms. The lowest BCUT2D eigenvalue weighted by atomic mass is 10.1. The molecule has 4 nitrogen and oxygen atoms in total. The molecule has 92 valence electrons. The van der Waals surface area contributed by atoms with E-state index in [0.717, 1.165) is 31.6 Å². The largest absolute Gasteiger partial charge is 0.396 e.